The van der Waals surface area contributed by atoms with Crippen LogP contribution < -0.4 is 5.73 Å². The first kappa shape index (κ1) is 14.4. The maximum atomic E-state index is 6.04. The Labute approximate surface area is 116 Å². The molecular formula is C15H26N4. The molecule has 1 aliphatic heterocycles. The molecule has 4 heteroatoms. The highest BCUT2D eigenvalue weighted by Crippen LogP contribution is 2.26. The Morgan fingerprint density at radius 2 is 2.32 bits per heavy atom. The van der Waals surface area contributed by atoms with Crippen LogP contribution in [0.3, 0.4) is 0 Å². The predicted octanol–water partition coefficient (Wildman–Crippen LogP) is 1.42. The first-order valence-corrected chi connectivity index (χ1v) is 7.14. The van der Waals surface area contributed by atoms with Crippen LogP contribution in [0.2, 0.25) is 0 Å². The molecule has 19 heavy (non-hydrogen) atoms. The summed E-state index contributed by atoms with van der Waals surface area (Å²) >= 11 is 0. The standard InChI is InChI=1S/C15H26N4/c1-12-6-7-17-10-14(12)15(9-16)19-8-4-5-13(11-19)18(2)3/h6-7,10,13,15H,4-5,8-9,11,16H2,1-3H3. The first-order valence-electron chi connectivity index (χ1n) is 7.14. The summed E-state index contributed by atoms with van der Waals surface area (Å²) in [7, 11) is 4.34. The number of aromatic nitrogens is 1. The van der Waals surface area contributed by atoms with Crippen LogP contribution in [0, 0.1) is 6.92 Å². The molecule has 0 spiro atoms. The maximum absolute atomic E-state index is 6.04. The number of hydrogen-bond donors (Lipinski definition) is 1. The molecule has 0 radical (unpaired) electrons. The lowest BCUT2D eigenvalue weighted by Crippen LogP contribution is -2.48. The molecule has 2 N–H and O–H groups in total. The normalized spacial score (nSPS) is 22.7. The van der Waals surface area contributed by atoms with E-state index in [1.54, 1.807) is 0 Å². The second kappa shape index (κ2) is 6.46. The van der Waals surface area contributed by atoms with E-state index in [2.05, 4.69) is 41.9 Å². The minimum atomic E-state index is 0.302. The zero-order valence-electron chi connectivity index (χ0n) is 12.3. The largest absolute Gasteiger partial charge is 0.329 e. The Kier molecular flexibility index (Phi) is 4.91. The molecule has 2 unspecified atom stereocenters. The third-order valence-electron chi connectivity index (χ3n) is 4.26. The highest BCUT2D eigenvalue weighted by Gasteiger charge is 2.27. The average molecular weight is 262 g/mol. The lowest BCUT2D eigenvalue weighted by molar-refractivity contribution is 0.0980. The van der Waals surface area contributed by atoms with Gasteiger partial charge in [-0.15, -0.1) is 0 Å². The SMILES string of the molecule is Cc1ccncc1C(CN)N1CCCC(N(C)C)C1. The number of likely N-dealkylation sites (tertiary alicyclic amines) is 1. The van der Waals surface area contributed by atoms with Crippen LogP contribution in [0.25, 0.3) is 0 Å². The maximum Gasteiger partial charge on any atom is 0.0488 e. The number of likely N-dealkylation sites (N-methyl/N-ethyl adjacent to an activating group) is 1. The molecule has 2 heterocycles. The highest BCUT2D eigenvalue weighted by molar-refractivity contribution is 5.25. The summed E-state index contributed by atoms with van der Waals surface area (Å²) in [5.74, 6) is 0. The van der Waals surface area contributed by atoms with Crippen LogP contribution in [0.4, 0.5) is 0 Å². The quantitative estimate of drug-likeness (QED) is 0.891. The fourth-order valence-corrected chi connectivity index (χ4v) is 2.99. The first-order chi connectivity index (χ1) is 9.13. The molecule has 1 aliphatic rings. The minimum Gasteiger partial charge on any atom is -0.329 e. The number of piperidine rings is 1. The van der Waals surface area contributed by atoms with Crippen molar-refractivity contribution in [3.8, 4) is 0 Å². The molecule has 0 amide bonds. The van der Waals surface area contributed by atoms with Crippen LogP contribution in [0.15, 0.2) is 18.5 Å². The summed E-state index contributed by atoms with van der Waals surface area (Å²) in [6, 6.07) is 3.02. The van der Waals surface area contributed by atoms with Crippen LogP contribution in [-0.4, -0.2) is 54.6 Å². The van der Waals surface area contributed by atoms with Crippen molar-refractivity contribution in [2.75, 3.05) is 33.7 Å². The zero-order valence-corrected chi connectivity index (χ0v) is 12.3. The van der Waals surface area contributed by atoms with E-state index in [1.807, 2.05) is 12.4 Å². The molecule has 1 fully saturated rings. The minimum absolute atomic E-state index is 0.302. The van der Waals surface area contributed by atoms with E-state index in [4.69, 9.17) is 5.73 Å². The molecule has 1 aromatic heterocycles. The molecular weight excluding hydrogens is 236 g/mol. The van der Waals surface area contributed by atoms with Crippen molar-refractivity contribution < 1.29 is 0 Å². The molecule has 4 nitrogen and oxygen atoms in total. The van der Waals surface area contributed by atoms with Crippen molar-refractivity contribution in [3.63, 3.8) is 0 Å². The Morgan fingerprint density at radius 3 is 2.95 bits per heavy atom. The molecule has 2 atom stereocenters. The average Bonchev–Trinajstić information content (AvgIpc) is 2.42. The fourth-order valence-electron chi connectivity index (χ4n) is 2.99. The second-order valence-electron chi connectivity index (χ2n) is 5.74. The zero-order chi connectivity index (χ0) is 13.8. The molecule has 0 aliphatic carbocycles. The van der Waals surface area contributed by atoms with E-state index in [-0.39, 0.29) is 0 Å². The van der Waals surface area contributed by atoms with Gasteiger partial charge in [0.1, 0.15) is 0 Å². The van der Waals surface area contributed by atoms with Crippen LogP contribution in [0.5, 0.6) is 0 Å². The third-order valence-corrected chi connectivity index (χ3v) is 4.26. The monoisotopic (exact) mass is 262 g/mol. The number of aryl methyl sites for hydroxylation is 1. The predicted molar refractivity (Wildman–Crippen MR) is 79.1 cm³/mol. The van der Waals surface area contributed by atoms with Crippen molar-refractivity contribution in [1.29, 1.82) is 0 Å². The van der Waals surface area contributed by atoms with Gasteiger partial charge < -0.3 is 10.6 Å². The lowest BCUT2D eigenvalue weighted by atomic mass is 9.97. The van der Waals surface area contributed by atoms with Gasteiger partial charge in [-0.25, -0.2) is 0 Å². The Hall–Kier alpha value is -0.970. The number of hydrogen-bond acceptors (Lipinski definition) is 4. The van der Waals surface area contributed by atoms with Gasteiger partial charge >= 0.3 is 0 Å². The van der Waals surface area contributed by atoms with E-state index in [9.17, 15) is 0 Å². The fraction of sp³-hybridized carbons (Fsp3) is 0.667. The summed E-state index contributed by atoms with van der Waals surface area (Å²) in [5.41, 5.74) is 8.61. The molecule has 1 saturated heterocycles. The van der Waals surface area contributed by atoms with Gasteiger partial charge in [-0.05, 0) is 57.6 Å². The van der Waals surface area contributed by atoms with Crippen molar-refractivity contribution >= 4 is 0 Å². The van der Waals surface area contributed by atoms with Crippen molar-refractivity contribution in [2.24, 2.45) is 5.73 Å². The van der Waals surface area contributed by atoms with Gasteiger partial charge in [0, 0.05) is 37.6 Å². The van der Waals surface area contributed by atoms with Crippen LogP contribution >= 0.6 is 0 Å². The van der Waals surface area contributed by atoms with Gasteiger partial charge in [-0.1, -0.05) is 0 Å². The van der Waals surface area contributed by atoms with Crippen LogP contribution in [-0.2, 0) is 0 Å². The smallest absolute Gasteiger partial charge is 0.0488 e. The van der Waals surface area contributed by atoms with Gasteiger partial charge in [0.05, 0.1) is 0 Å². The van der Waals surface area contributed by atoms with Crippen molar-refractivity contribution in [3.05, 3.63) is 29.6 Å². The van der Waals surface area contributed by atoms with E-state index in [1.165, 1.54) is 24.0 Å². The number of nitrogens with two attached hydrogens (primary N) is 1. The second-order valence-corrected chi connectivity index (χ2v) is 5.74. The number of pyridine rings is 1. The van der Waals surface area contributed by atoms with Gasteiger partial charge in [0.2, 0.25) is 0 Å². The number of nitrogens with zero attached hydrogens (tertiary/aromatic N) is 3. The summed E-state index contributed by atoms with van der Waals surface area (Å²) in [6.45, 7) is 5.05. The molecule has 0 aromatic carbocycles. The number of rotatable bonds is 4. The lowest BCUT2D eigenvalue weighted by Gasteiger charge is -2.40. The molecule has 106 valence electrons. The molecule has 0 bridgehead atoms. The Morgan fingerprint density at radius 1 is 1.53 bits per heavy atom. The van der Waals surface area contributed by atoms with Crippen molar-refractivity contribution in [1.82, 2.24) is 14.8 Å². The van der Waals surface area contributed by atoms with E-state index < -0.39 is 0 Å². The van der Waals surface area contributed by atoms with Crippen LogP contribution in [0.1, 0.15) is 30.0 Å². The molecule has 1 aromatic rings. The van der Waals surface area contributed by atoms with Gasteiger partial charge in [-0.3, -0.25) is 9.88 Å². The molecule has 2 rings (SSSR count). The summed E-state index contributed by atoms with van der Waals surface area (Å²) < 4.78 is 0. The summed E-state index contributed by atoms with van der Waals surface area (Å²) in [4.78, 5) is 9.13. The molecule has 0 saturated carbocycles. The Bertz CT molecular complexity index is 405. The van der Waals surface area contributed by atoms with Gasteiger partial charge in [-0.2, -0.15) is 0 Å². The summed E-state index contributed by atoms with van der Waals surface area (Å²) in [5, 5.41) is 0. The van der Waals surface area contributed by atoms with E-state index >= 15 is 0 Å². The van der Waals surface area contributed by atoms with Gasteiger partial charge in [0.25, 0.3) is 0 Å². The Balaban J connectivity index is 2.16. The topological polar surface area (TPSA) is 45.4 Å². The third kappa shape index (κ3) is 3.32. The van der Waals surface area contributed by atoms with Gasteiger partial charge in [0.15, 0.2) is 0 Å². The summed E-state index contributed by atoms with van der Waals surface area (Å²) in [6.07, 6.45) is 6.36. The van der Waals surface area contributed by atoms with E-state index in [0.717, 1.165) is 13.1 Å². The van der Waals surface area contributed by atoms with E-state index in [0.29, 0.717) is 18.6 Å². The highest BCUT2D eigenvalue weighted by atomic mass is 15.2. The van der Waals surface area contributed by atoms with Crippen molar-refractivity contribution in [2.45, 2.75) is 31.8 Å².